The first-order valence-electron chi connectivity index (χ1n) is 8.20. The predicted molar refractivity (Wildman–Crippen MR) is 87.0 cm³/mol. The minimum absolute atomic E-state index is 0.0199. The van der Waals surface area contributed by atoms with Crippen molar-refractivity contribution < 1.29 is 18.7 Å². The number of carbonyl (C=O) groups is 2. The summed E-state index contributed by atoms with van der Waals surface area (Å²) in [5.74, 6) is -0.525. The van der Waals surface area contributed by atoms with Crippen molar-refractivity contribution in [2.75, 3.05) is 31.5 Å². The highest BCUT2D eigenvalue weighted by Gasteiger charge is 2.44. The first-order valence-corrected chi connectivity index (χ1v) is 8.20. The quantitative estimate of drug-likeness (QED) is 0.837. The summed E-state index contributed by atoms with van der Waals surface area (Å²) in [7, 11) is 0. The minimum Gasteiger partial charge on any atom is -0.359 e. The van der Waals surface area contributed by atoms with Gasteiger partial charge in [-0.3, -0.25) is 14.5 Å². The summed E-state index contributed by atoms with van der Waals surface area (Å²) in [4.78, 5) is 28.3. The number of halogens is 1. The first-order chi connectivity index (χ1) is 11.5. The van der Waals surface area contributed by atoms with Crippen molar-refractivity contribution in [3.8, 4) is 0 Å². The van der Waals surface area contributed by atoms with Crippen molar-refractivity contribution in [3.63, 3.8) is 0 Å². The Kier molecular flexibility index (Phi) is 4.82. The number of ether oxygens (including phenoxy) is 1. The highest BCUT2D eigenvalue weighted by atomic mass is 19.1. The third-order valence-corrected chi connectivity index (χ3v) is 4.60. The highest BCUT2D eigenvalue weighted by Crippen LogP contribution is 2.24. The molecule has 2 aliphatic heterocycles. The van der Waals surface area contributed by atoms with Gasteiger partial charge in [-0.1, -0.05) is 6.07 Å². The van der Waals surface area contributed by atoms with Crippen molar-refractivity contribution in [3.05, 3.63) is 30.1 Å². The van der Waals surface area contributed by atoms with E-state index in [2.05, 4.69) is 5.32 Å². The Labute approximate surface area is 140 Å². The molecule has 1 unspecified atom stereocenters. The maximum absolute atomic E-state index is 13.2. The van der Waals surface area contributed by atoms with E-state index in [1.54, 1.807) is 17.0 Å². The van der Waals surface area contributed by atoms with Crippen molar-refractivity contribution in [1.29, 1.82) is 0 Å². The van der Waals surface area contributed by atoms with E-state index in [9.17, 15) is 14.0 Å². The lowest BCUT2D eigenvalue weighted by Crippen LogP contribution is -2.54. The fourth-order valence-corrected chi connectivity index (χ4v) is 2.93. The zero-order chi connectivity index (χ0) is 17.3. The van der Waals surface area contributed by atoms with E-state index in [4.69, 9.17) is 4.74 Å². The number of anilines is 1. The molecule has 0 radical (unpaired) electrons. The maximum Gasteiger partial charge on any atom is 0.254 e. The number of hydrogen-bond donors (Lipinski definition) is 1. The van der Waals surface area contributed by atoms with E-state index < -0.39 is 0 Å². The zero-order valence-electron chi connectivity index (χ0n) is 13.9. The molecule has 2 fully saturated rings. The lowest BCUT2D eigenvalue weighted by molar-refractivity contribution is -0.135. The van der Waals surface area contributed by atoms with E-state index >= 15 is 0 Å². The molecule has 0 aromatic heterocycles. The SMILES string of the molecule is CC(C(=O)Nc1cccc(F)c1)N1CCN(C(=O)[C@@H]2O[C@H]2C)CC1. The molecule has 3 rings (SSSR count). The van der Waals surface area contributed by atoms with Crippen molar-refractivity contribution in [1.82, 2.24) is 9.80 Å². The average molecular weight is 335 g/mol. The molecule has 1 N–H and O–H groups in total. The van der Waals surface area contributed by atoms with Crippen LogP contribution in [0.1, 0.15) is 13.8 Å². The lowest BCUT2D eigenvalue weighted by Gasteiger charge is -2.37. The van der Waals surface area contributed by atoms with Crippen LogP contribution in [-0.2, 0) is 14.3 Å². The van der Waals surface area contributed by atoms with Gasteiger partial charge < -0.3 is 15.0 Å². The third kappa shape index (κ3) is 3.73. The lowest BCUT2D eigenvalue weighted by atomic mass is 10.2. The van der Waals surface area contributed by atoms with Gasteiger partial charge in [-0.25, -0.2) is 4.39 Å². The van der Waals surface area contributed by atoms with Crippen LogP contribution in [0, 0.1) is 5.82 Å². The van der Waals surface area contributed by atoms with Crippen molar-refractivity contribution in [2.24, 2.45) is 0 Å². The Morgan fingerprint density at radius 2 is 1.96 bits per heavy atom. The summed E-state index contributed by atoms with van der Waals surface area (Å²) >= 11 is 0. The van der Waals surface area contributed by atoms with Gasteiger partial charge in [-0.2, -0.15) is 0 Å². The maximum atomic E-state index is 13.2. The van der Waals surface area contributed by atoms with Crippen molar-refractivity contribution in [2.45, 2.75) is 32.1 Å². The van der Waals surface area contributed by atoms with Gasteiger partial charge in [0.25, 0.3) is 5.91 Å². The Balaban J connectivity index is 1.50. The van der Waals surface area contributed by atoms with Crippen LogP contribution >= 0.6 is 0 Å². The third-order valence-electron chi connectivity index (χ3n) is 4.60. The average Bonchev–Trinajstić information content (AvgIpc) is 3.30. The molecular weight excluding hydrogens is 313 g/mol. The highest BCUT2D eigenvalue weighted by molar-refractivity contribution is 5.94. The van der Waals surface area contributed by atoms with Gasteiger partial charge in [-0.05, 0) is 32.0 Å². The number of hydrogen-bond acceptors (Lipinski definition) is 4. The number of amides is 2. The van der Waals surface area contributed by atoms with E-state index in [-0.39, 0.29) is 35.9 Å². The van der Waals surface area contributed by atoms with Crippen LogP contribution in [0.4, 0.5) is 10.1 Å². The van der Waals surface area contributed by atoms with E-state index in [1.807, 2.05) is 18.7 Å². The Morgan fingerprint density at radius 3 is 2.54 bits per heavy atom. The first kappa shape index (κ1) is 16.9. The minimum atomic E-state index is -0.385. The van der Waals surface area contributed by atoms with Gasteiger partial charge in [-0.15, -0.1) is 0 Å². The fourth-order valence-electron chi connectivity index (χ4n) is 2.93. The molecule has 1 aromatic carbocycles. The summed E-state index contributed by atoms with van der Waals surface area (Å²) in [6.45, 7) is 6.14. The van der Waals surface area contributed by atoms with Crippen LogP contribution in [0.15, 0.2) is 24.3 Å². The topological polar surface area (TPSA) is 65.2 Å². The molecule has 0 bridgehead atoms. The number of carbonyl (C=O) groups excluding carboxylic acids is 2. The number of benzene rings is 1. The predicted octanol–water partition coefficient (Wildman–Crippen LogP) is 1.08. The van der Waals surface area contributed by atoms with Crippen LogP contribution in [0.5, 0.6) is 0 Å². The molecular formula is C17H22FN3O3. The molecule has 0 spiro atoms. The second-order valence-corrected chi connectivity index (χ2v) is 6.30. The van der Waals surface area contributed by atoms with Gasteiger partial charge in [0, 0.05) is 31.9 Å². The number of nitrogens with zero attached hydrogens (tertiary/aromatic N) is 2. The zero-order valence-corrected chi connectivity index (χ0v) is 13.9. The Morgan fingerprint density at radius 1 is 1.29 bits per heavy atom. The monoisotopic (exact) mass is 335 g/mol. The normalized spacial score (nSPS) is 25.2. The summed E-state index contributed by atoms with van der Waals surface area (Å²) in [5, 5.41) is 2.73. The summed E-state index contributed by atoms with van der Waals surface area (Å²) in [6.07, 6.45) is -0.267. The Bertz CT molecular complexity index is 631. The molecule has 0 saturated carbocycles. The van der Waals surface area contributed by atoms with Crippen LogP contribution in [0.3, 0.4) is 0 Å². The van der Waals surface area contributed by atoms with E-state index in [1.165, 1.54) is 12.1 Å². The molecule has 7 heteroatoms. The number of rotatable bonds is 4. The van der Waals surface area contributed by atoms with E-state index in [0.717, 1.165) is 0 Å². The van der Waals surface area contributed by atoms with Crippen LogP contribution in [0.2, 0.25) is 0 Å². The summed E-state index contributed by atoms with van der Waals surface area (Å²) in [5.41, 5.74) is 0.445. The van der Waals surface area contributed by atoms with Gasteiger partial charge in [0.05, 0.1) is 12.1 Å². The van der Waals surface area contributed by atoms with Gasteiger partial charge in [0.2, 0.25) is 5.91 Å². The Hall–Kier alpha value is -1.99. The number of epoxide rings is 1. The van der Waals surface area contributed by atoms with Crippen molar-refractivity contribution >= 4 is 17.5 Å². The second kappa shape index (κ2) is 6.86. The molecule has 1 aromatic rings. The molecule has 0 aliphatic carbocycles. The van der Waals surface area contributed by atoms with Crippen LogP contribution in [0.25, 0.3) is 0 Å². The molecule has 3 atom stereocenters. The summed E-state index contributed by atoms with van der Waals surface area (Å²) in [6, 6.07) is 5.49. The summed E-state index contributed by atoms with van der Waals surface area (Å²) < 4.78 is 18.4. The standard InChI is InChI=1S/C17H22FN3O3/c1-11(16(22)19-14-5-3-4-13(18)10-14)20-6-8-21(9-7-20)17(23)15-12(2)24-15/h3-5,10-12,15H,6-9H2,1-2H3,(H,19,22)/t11?,12-,15+/m0/s1. The molecule has 2 aliphatic rings. The van der Waals surface area contributed by atoms with Crippen LogP contribution < -0.4 is 5.32 Å². The molecule has 2 saturated heterocycles. The van der Waals surface area contributed by atoms with E-state index in [0.29, 0.717) is 31.9 Å². The molecule has 24 heavy (non-hydrogen) atoms. The van der Waals surface area contributed by atoms with Crippen LogP contribution in [-0.4, -0.2) is 66.0 Å². The second-order valence-electron chi connectivity index (χ2n) is 6.30. The smallest absolute Gasteiger partial charge is 0.254 e. The largest absolute Gasteiger partial charge is 0.359 e. The molecule has 2 amide bonds. The van der Waals surface area contributed by atoms with Gasteiger partial charge >= 0.3 is 0 Å². The number of nitrogens with one attached hydrogen (secondary N) is 1. The van der Waals surface area contributed by atoms with Gasteiger partial charge in [0.15, 0.2) is 6.10 Å². The van der Waals surface area contributed by atoms with Gasteiger partial charge in [0.1, 0.15) is 5.82 Å². The fraction of sp³-hybridized carbons (Fsp3) is 0.529. The molecule has 130 valence electrons. The molecule has 2 heterocycles. The molecule has 6 nitrogen and oxygen atoms in total. The number of piperazine rings is 1.